The van der Waals surface area contributed by atoms with E-state index in [0.717, 1.165) is 31.9 Å². The largest absolute Gasteiger partial charge is 0.325 e. The Hall–Kier alpha value is -1.39. The minimum atomic E-state index is 0.0432. The van der Waals surface area contributed by atoms with E-state index < -0.39 is 0 Å². The molecule has 1 aliphatic heterocycles. The first-order valence-electron chi connectivity index (χ1n) is 6.87. The first kappa shape index (κ1) is 14.0. The lowest BCUT2D eigenvalue weighted by Crippen LogP contribution is -2.47. The highest BCUT2D eigenvalue weighted by molar-refractivity contribution is 5.80. The van der Waals surface area contributed by atoms with E-state index in [0.29, 0.717) is 6.54 Å². The fourth-order valence-electron chi connectivity index (χ4n) is 2.17. The Balaban J connectivity index is 1.85. The molecule has 19 heavy (non-hydrogen) atoms. The molecule has 0 radical (unpaired) electrons. The van der Waals surface area contributed by atoms with Gasteiger partial charge in [0.1, 0.15) is 0 Å². The van der Waals surface area contributed by atoms with E-state index in [1.807, 2.05) is 18.2 Å². The standard InChI is InChI=1S/C15H23N3O/c1-15(2)6-3-4-13(5-7-15)17-14(19)12-18-10-8-16-9-11-18/h3-7,16H,8-12H2,1-2H3,(H,17,19). The van der Waals surface area contributed by atoms with E-state index in [1.165, 1.54) is 0 Å². The summed E-state index contributed by atoms with van der Waals surface area (Å²) in [5.41, 5.74) is 0.906. The van der Waals surface area contributed by atoms with E-state index >= 15 is 0 Å². The molecule has 0 aromatic heterocycles. The number of hydrogen-bond donors (Lipinski definition) is 2. The van der Waals surface area contributed by atoms with Gasteiger partial charge in [0.2, 0.25) is 5.91 Å². The summed E-state index contributed by atoms with van der Waals surface area (Å²) in [7, 11) is 0. The Morgan fingerprint density at radius 1 is 1.37 bits per heavy atom. The van der Waals surface area contributed by atoms with E-state index in [1.54, 1.807) is 0 Å². The molecule has 1 saturated heterocycles. The molecule has 2 aliphatic rings. The van der Waals surface area contributed by atoms with Gasteiger partial charge in [-0.15, -0.1) is 0 Å². The molecule has 2 rings (SSSR count). The van der Waals surface area contributed by atoms with Crippen molar-refractivity contribution in [2.75, 3.05) is 32.7 Å². The number of carbonyl (C=O) groups excluding carboxylic acids is 1. The second kappa shape index (κ2) is 6.17. The third-order valence-electron chi connectivity index (χ3n) is 3.35. The summed E-state index contributed by atoms with van der Waals surface area (Å²) in [4.78, 5) is 14.2. The van der Waals surface area contributed by atoms with Crippen LogP contribution in [0.3, 0.4) is 0 Å². The molecule has 1 amide bonds. The van der Waals surface area contributed by atoms with Crippen LogP contribution in [0.1, 0.15) is 13.8 Å². The van der Waals surface area contributed by atoms with Gasteiger partial charge in [0.25, 0.3) is 0 Å². The maximum absolute atomic E-state index is 12.0. The maximum Gasteiger partial charge on any atom is 0.238 e. The summed E-state index contributed by atoms with van der Waals surface area (Å²) in [6.07, 6.45) is 10.2. The summed E-state index contributed by atoms with van der Waals surface area (Å²) in [6, 6.07) is 0. The first-order chi connectivity index (χ1) is 9.05. The van der Waals surface area contributed by atoms with Crippen LogP contribution in [-0.2, 0) is 4.79 Å². The average Bonchev–Trinajstić information content (AvgIpc) is 2.52. The van der Waals surface area contributed by atoms with Gasteiger partial charge in [-0.25, -0.2) is 0 Å². The molecule has 0 bridgehead atoms. The lowest BCUT2D eigenvalue weighted by atomic mass is 9.93. The monoisotopic (exact) mass is 261 g/mol. The molecule has 4 heteroatoms. The highest BCUT2D eigenvalue weighted by Crippen LogP contribution is 2.21. The van der Waals surface area contributed by atoms with Gasteiger partial charge in [0.05, 0.1) is 6.54 Å². The quantitative estimate of drug-likeness (QED) is 0.798. The predicted octanol–water partition coefficient (Wildman–Crippen LogP) is 1.04. The van der Waals surface area contributed by atoms with Gasteiger partial charge in [-0.05, 0) is 12.2 Å². The van der Waals surface area contributed by atoms with Gasteiger partial charge in [0, 0.05) is 37.3 Å². The van der Waals surface area contributed by atoms with Gasteiger partial charge in [0.15, 0.2) is 0 Å². The highest BCUT2D eigenvalue weighted by Gasteiger charge is 2.15. The number of piperazine rings is 1. The minimum Gasteiger partial charge on any atom is -0.325 e. The first-order valence-corrected chi connectivity index (χ1v) is 6.87. The number of allylic oxidation sites excluding steroid dienone is 5. The number of nitrogens with one attached hydrogen (secondary N) is 2. The smallest absolute Gasteiger partial charge is 0.238 e. The Morgan fingerprint density at radius 3 is 2.84 bits per heavy atom. The van der Waals surface area contributed by atoms with Crippen molar-refractivity contribution in [3.63, 3.8) is 0 Å². The Bertz CT molecular complexity index is 415. The topological polar surface area (TPSA) is 44.4 Å². The number of amides is 1. The molecule has 0 saturated carbocycles. The van der Waals surface area contributed by atoms with Crippen LogP contribution >= 0.6 is 0 Å². The maximum atomic E-state index is 12.0. The van der Waals surface area contributed by atoms with Crippen LogP contribution in [0, 0.1) is 5.41 Å². The lowest BCUT2D eigenvalue weighted by Gasteiger charge is -2.26. The normalized spacial score (nSPS) is 22.7. The Labute approximate surface area is 115 Å². The summed E-state index contributed by atoms with van der Waals surface area (Å²) < 4.78 is 0. The van der Waals surface area contributed by atoms with E-state index in [4.69, 9.17) is 0 Å². The van der Waals surface area contributed by atoms with Gasteiger partial charge in [-0.1, -0.05) is 32.1 Å². The summed E-state index contributed by atoms with van der Waals surface area (Å²) >= 11 is 0. The minimum absolute atomic E-state index is 0.0432. The third kappa shape index (κ3) is 4.65. The van der Waals surface area contributed by atoms with Crippen LogP contribution in [0.25, 0.3) is 0 Å². The molecule has 1 heterocycles. The SMILES string of the molecule is CC1(C)C=CC=C(NC(=O)CN2CCNCC2)C=C1. The third-order valence-corrected chi connectivity index (χ3v) is 3.35. The fraction of sp³-hybridized carbons (Fsp3) is 0.533. The summed E-state index contributed by atoms with van der Waals surface area (Å²) in [5, 5.41) is 6.25. The van der Waals surface area contributed by atoms with Crippen LogP contribution in [0.15, 0.2) is 36.1 Å². The van der Waals surface area contributed by atoms with Crippen molar-refractivity contribution in [3.05, 3.63) is 36.1 Å². The van der Waals surface area contributed by atoms with Crippen LogP contribution < -0.4 is 10.6 Å². The van der Waals surface area contributed by atoms with E-state index in [-0.39, 0.29) is 11.3 Å². The summed E-state index contributed by atoms with van der Waals surface area (Å²) in [6.45, 7) is 8.56. The zero-order valence-electron chi connectivity index (χ0n) is 11.8. The number of rotatable bonds is 3. The number of carbonyl (C=O) groups is 1. The van der Waals surface area contributed by atoms with Crippen LogP contribution in [0.2, 0.25) is 0 Å². The van der Waals surface area contributed by atoms with Crippen LogP contribution in [0.5, 0.6) is 0 Å². The van der Waals surface area contributed by atoms with Crippen LogP contribution in [-0.4, -0.2) is 43.5 Å². The Morgan fingerprint density at radius 2 is 2.11 bits per heavy atom. The number of hydrogen-bond acceptors (Lipinski definition) is 3. The molecule has 104 valence electrons. The zero-order chi connectivity index (χ0) is 13.7. The average molecular weight is 261 g/mol. The molecule has 0 aromatic rings. The van der Waals surface area contributed by atoms with Gasteiger partial charge >= 0.3 is 0 Å². The van der Waals surface area contributed by atoms with E-state index in [9.17, 15) is 4.79 Å². The molecule has 4 nitrogen and oxygen atoms in total. The van der Waals surface area contributed by atoms with Crippen molar-refractivity contribution in [2.24, 2.45) is 5.41 Å². The van der Waals surface area contributed by atoms with Gasteiger partial charge < -0.3 is 10.6 Å². The number of nitrogens with zero attached hydrogens (tertiary/aromatic N) is 1. The predicted molar refractivity (Wildman–Crippen MR) is 77.6 cm³/mol. The van der Waals surface area contributed by atoms with Crippen molar-refractivity contribution < 1.29 is 4.79 Å². The lowest BCUT2D eigenvalue weighted by molar-refractivity contribution is -0.121. The molecular weight excluding hydrogens is 238 g/mol. The highest BCUT2D eigenvalue weighted by atomic mass is 16.2. The molecule has 0 unspecified atom stereocenters. The van der Waals surface area contributed by atoms with Crippen molar-refractivity contribution in [2.45, 2.75) is 13.8 Å². The molecule has 0 atom stereocenters. The molecule has 2 N–H and O–H groups in total. The second-order valence-electron chi connectivity index (χ2n) is 5.71. The van der Waals surface area contributed by atoms with Crippen molar-refractivity contribution in [1.29, 1.82) is 0 Å². The van der Waals surface area contributed by atoms with Crippen molar-refractivity contribution >= 4 is 5.91 Å². The van der Waals surface area contributed by atoms with Crippen molar-refractivity contribution in [3.8, 4) is 0 Å². The zero-order valence-corrected chi connectivity index (χ0v) is 11.8. The molecular formula is C15H23N3O. The van der Waals surface area contributed by atoms with Crippen molar-refractivity contribution in [1.82, 2.24) is 15.5 Å². The molecule has 1 fully saturated rings. The second-order valence-corrected chi connectivity index (χ2v) is 5.71. The van der Waals surface area contributed by atoms with E-state index in [2.05, 4.69) is 41.5 Å². The molecule has 0 aromatic carbocycles. The Kier molecular flexibility index (Phi) is 4.56. The van der Waals surface area contributed by atoms with Gasteiger partial charge in [-0.3, -0.25) is 9.69 Å². The van der Waals surface area contributed by atoms with Crippen LogP contribution in [0.4, 0.5) is 0 Å². The summed E-state index contributed by atoms with van der Waals surface area (Å²) in [5.74, 6) is 0.0610. The fourth-order valence-corrected chi connectivity index (χ4v) is 2.17. The van der Waals surface area contributed by atoms with Gasteiger partial charge in [-0.2, -0.15) is 0 Å². The molecule has 1 aliphatic carbocycles. The molecule has 0 spiro atoms.